The third kappa shape index (κ3) is 3.01. The number of aromatic amines is 1. The van der Waals surface area contributed by atoms with E-state index in [1.165, 1.54) is 10.7 Å². The van der Waals surface area contributed by atoms with Gasteiger partial charge in [-0.05, 0) is 36.4 Å². The maximum Gasteiger partial charge on any atom is 0.348 e. The van der Waals surface area contributed by atoms with Gasteiger partial charge in [-0.25, -0.2) is 9.18 Å². The van der Waals surface area contributed by atoms with Crippen molar-refractivity contribution >= 4 is 23.2 Å². The van der Waals surface area contributed by atoms with E-state index in [1.54, 1.807) is 24.3 Å². The van der Waals surface area contributed by atoms with Crippen molar-refractivity contribution in [3.63, 3.8) is 0 Å². The van der Waals surface area contributed by atoms with Crippen LogP contribution in [0.5, 0.6) is 0 Å². The van der Waals surface area contributed by atoms with Crippen molar-refractivity contribution in [1.29, 1.82) is 0 Å². The van der Waals surface area contributed by atoms with Gasteiger partial charge in [-0.3, -0.25) is 4.98 Å². The molecule has 0 fully saturated rings. The Hall–Kier alpha value is -2.15. The van der Waals surface area contributed by atoms with Gasteiger partial charge in [0.15, 0.2) is 5.82 Å². The second kappa shape index (κ2) is 6.16. The predicted molar refractivity (Wildman–Crippen MR) is 87.5 cm³/mol. The molecule has 0 aliphatic carbocycles. The van der Waals surface area contributed by atoms with Gasteiger partial charge in [0.05, 0.1) is 10.7 Å². The molecule has 0 aliphatic rings. The lowest BCUT2D eigenvalue weighted by atomic mass is 10.1. The first kappa shape index (κ1) is 15.7. The molecular formula is C15H11Cl2FN4O. The minimum absolute atomic E-state index is 0.0120. The zero-order valence-corrected chi connectivity index (χ0v) is 13.2. The van der Waals surface area contributed by atoms with Crippen molar-refractivity contribution in [2.75, 3.05) is 0 Å². The highest BCUT2D eigenvalue weighted by Gasteiger charge is 2.15. The fourth-order valence-corrected chi connectivity index (χ4v) is 2.50. The lowest BCUT2D eigenvalue weighted by Gasteiger charge is -2.05. The monoisotopic (exact) mass is 352 g/mol. The van der Waals surface area contributed by atoms with Gasteiger partial charge >= 0.3 is 5.69 Å². The number of nitrogens with one attached hydrogen (secondary N) is 1. The number of rotatable bonds is 3. The van der Waals surface area contributed by atoms with Gasteiger partial charge in [0.25, 0.3) is 0 Å². The fourth-order valence-electron chi connectivity index (χ4n) is 2.13. The van der Waals surface area contributed by atoms with Crippen LogP contribution in [0.4, 0.5) is 4.39 Å². The molecule has 3 aromatic rings. The van der Waals surface area contributed by atoms with Crippen LogP contribution in [0.15, 0.2) is 41.2 Å². The van der Waals surface area contributed by atoms with Crippen LogP contribution in [0.3, 0.4) is 0 Å². The Kier molecular flexibility index (Phi) is 4.21. The molecule has 0 spiro atoms. The second-order valence-corrected chi connectivity index (χ2v) is 5.64. The van der Waals surface area contributed by atoms with Crippen LogP contribution < -0.4 is 11.4 Å². The third-order valence-corrected chi connectivity index (χ3v) is 3.86. The Morgan fingerprint density at radius 1 is 1.22 bits per heavy atom. The molecule has 23 heavy (non-hydrogen) atoms. The summed E-state index contributed by atoms with van der Waals surface area (Å²) in [7, 11) is 0. The molecule has 0 saturated carbocycles. The number of nitrogens with two attached hydrogens (primary N) is 1. The number of benzene rings is 2. The van der Waals surface area contributed by atoms with Gasteiger partial charge in [-0.1, -0.05) is 23.2 Å². The van der Waals surface area contributed by atoms with Crippen molar-refractivity contribution in [3.05, 3.63) is 68.3 Å². The molecule has 1 aromatic heterocycles. The van der Waals surface area contributed by atoms with Crippen LogP contribution >= 0.6 is 23.2 Å². The molecule has 0 unspecified atom stereocenters. The highest BCUT2D eigenvalue weighted by atomic mass is 35.5. The molecule has 0 radical (unpaired) electrons. The van der Waals surface area contributed by atoms with Gasteiger partial charge in [0.1, 0.15) is 5.82 Å². The van der Waals surface area contributed by atoms with Gasteiger partial charge in [0.2, 0.25) is 0 Å². The average Bonchev–Trinajstić information content (AvgIpc) is 2.90. The fraction of sp³-hybridized carbons (Fsp3) is 0.0667. The van der Waals surface area contributed by atoms with Crippen LogP contribution in [0.2, 0.25) is 10.0 Å². The number of halogens is 3. The third-order valence-electron chi connectivity index (χ3n) is 3.30. The molecule has 2 aromatic carbocycles. The summed E-state index contributed by atoms with van der Waals surface area (Å²) in [6.45, 7) is 0.0120. The minimum atomic E-state index is -0.499. The summed E-state index contributed by atoms with van der Waals surface area (Å²) < 4.78 is 14.8. The quantitative estimate of drug-likeness (QED) is 0.760. The molecule has 0 atom stereocenters. The summed E-state index contributed by atoms with van der Waals surface area (Å²) in [5.41, 5.74) is 6.27. The van der Waals surface area contributed by atoms with E-state index in [2.05, 4.69) is 10.1 Å². The second-order valence-electron chi connectivity index (χ2n) is 4.79. The van der Waals surface area contributed by atoms with Crippen molar-refractivity contribution < 1.29 is 4.39 Å². The lowest BCUT2D eigenvalue weighted by Crippen LogP contribution is -2.15. The maximum absolute atomic E-state index is 13.7. The van der Waals surface area contributed by atoms with E-state index in [0.717, 1.165) is 6.07 Å². The summed E-state index contributed by atoms with van der Waals surface area (Å²) in [6, 6.07) is 9.24. The molecular weight excluding hydrogens is 342 g/mol. The van der Waals surface area contributed by atoms with E-state index in [-0.39, 0.29) is 23.0 Å². The number of hydrogen-bond donors (Lipinski definition) is 2. The summed E-state index contributed by atoms with van der Waals surface area (Å²) in [5, 5.41) is 4.89. The van der Waals surface area contributed by atoms with Crippen LogP contribution in [0.1, 0.15) is 5.56 Å². The summed E-state index contributed by atoms with van der Waals surface area (Å²) in [5.74, 6) is -0.273. The van der Waals surface area contributed by atoms with Crippen molar-refractivity contribution in [2.24, 2.45) is 5.73 Å². The largest absolute Gasteiger partial charge is 0.348 e. The molecule has 8 heteroatoms. The van der Waals surface area contributed by atoms with E-state index >= 15 is 0 Å². The molecule has 3 N–H and O–H groups in total. The normalized spacial score (nSPS) is 11.0. The van der Waals surface area contributed by atoms with Crippen LogP contribution in [0, 0.1) is 5.82 Å². The average molecular weight is 353 g/mol. The molecule has 0 saturated heterocycles. The first-order chi connectivity index (χ1) is 11.0. The topological polar surface area (TPSA) is 76.7 Å². The Labute approximate surface area is 140 Å². The van der Waals surface area contributed by atoms with Crippen molar-refractivity contribution in [3.8, 4) is 17.1 Å². The Balaban J connectivity index is 2.11. The molecule has 1 heterocycles. The molecule has 118 valence electrons. The van der Waals surface area contributed by atoms with Gasteiger partial charge in [-0.15, -0.1) is 5.10 Å². The van der Waals surface area contributed by atoms with E-state index < -0.39 is 11.5 Å². The van der Waals surface area contributed by atoms with Gasteiger partial charge < -0.3 is 5.73 Å². The van der Waals surface area contributed by atoms with Gasteiger partial charge in [-0.2, -0.15) is 4.68 Å². The smallest absolute Gasteiger partial charge is 0.326 e. The Morgan fingerprint density at radius 3 is 2.57 bits per heavy atom. The number of nitrogens with zero attached hydrogens (tertiary/aromatic N) is 2. The lowest BCUT2D eigenvalue weighted by molar-refractivity contribution is 0.611. The van der Waals surface area contributed by atoms with E-state index in [4.69, 9.17) is 28.9 Å². The minimum Gasteiger partial charge on any atom is -0.326 e. The predicted octanol–water partition coefficient (Wildman–Crippen LogP) is 3.13. The summed E-state index contributed by atoms with van der Waals surface area (Å²) >= 11 is 11.9. The van der Waals surface area contributed by atoms with E-state index in [0.29, 0.717) is 16.3 Å². The van der Waals surface area contributed by atoms with Crippen LogP contribution in [-0.4, -0.2) is 14.8 Å². The Bertz CT molecular complexity index is 918. The van der Waals surface area contributed by atoms with E-state index in [1.807, 2.05) is 0 Å². The molecule has 5 nitrogen and oxygen atoms in total. The highest BCUT2D eigenvalue weighted by Crippen LogP contribution is 2.28. The molecule has 0 bridgehead atoms. The molecule has 3 rings (SSSR count). The van der Waals surface area contributed by atoms with Crippen molar-refractivity contribution in [1.82, 2.24) is 14.8 Å². The van der Waals surface area contributed by atoms with Crippen LogP contribution in [0.25, 0.3) is 17.1 Å². The number of aromatic nitrogens is 3. The summed E-state index contributed by atoms with van der Waals surface area (Å²) in [6.07, 6.45) is 0. The highest BCUT2D eigenvalue weighted by molar-refractivity contribution is 6.33. The van der Waals surface area contributed by atoms with Gasteiger partial charge in [0, 0.05) is 22.7 Å². The maximum atomic E-state index is 13.7. The summed E-state index contributed by atoms with van der Waals surface area (Å²) in [4.78, 5) is 14.7. The SMILES string of the molecule is NCc1cc(-c2nn(-c3ccc(Cl)cc3)c(=O)[nH]2)c(Cl)cc1F. The number of hydrogen-bond acceptors (Lipinski definition) is 3. The van der Waals surface area contributed by atoms with E-state index in [9.17, 15) is 9.18 Å². The number of H-pyrrole nitrogens is 1. The Morgan fingerprint density at radius 2 is 1.91 bits per heavy atom. The molecule has 0 aliphatic heterocycles. The van der Waals surface area contributed by atoms with Crippen LogP contribution in [-0.2, 0) is 6.54 Å². The standard InChI is InChI=1S/C15H11Cl2FN4O/c16-9-1-3-10(4-2-9)22-15(23)20-14(21-22)11-5-8(7-19)13(18)6-12(11)17/h1-6H,7,19H2,(H,20,21,23). The first-order valence-corrected chi connectivity index (χ1v) is 7.39. The molecule has 0 amide bonds. The van der Waals surface area contributed by atoms with Crippen molar-refractivity contribution in [2.45, 2.75) is 6.54 Å². The zero-order chi connectivity index (χ0) is 16.6. The first-order valence-electron chi connectivity index (χ1n) is 6.63. The zero-order valence-electron chi connectivity index (χ0n) is 11.7.